The van der Waals surface area contributed by atoms with E-state index in [0.717, 1.165) is 11.1 Å². The highest BCUT2D eigenvalue weighted by atomic mass is 16.5. The molecule has 0 atom stereocenters. The van der Waals surface area contributed by atoms with Crippen molar-refractivity contribution in [3.63, 3.8) is 0 Å². The van der Waals surface area contributed by atoms with E-state index in [1.807, 2.05) is 19.9 Å². The summed E-state index contributed by atoms with van der Waals surface area (Å²) in [6.07, 6.45) is 0. The van der Waals surface area contributed by atoms with Crippen molar-refractivity contribution in [1.82, 2.24) is 5.32 Å². The van der Waals surface area contributed by atoms with Crippen molar-refractivity contribution >= 4 is 17.5 Å². The summed E-state index contributed by atoms with van der Waals surface area (Å²) in [4.78, 5) is 24.0. The molecule has 0 aliphatic heterocycles. The van der Waals surface area contributed by atoms with Crippen LogP contribution in [0, 0.1) is 13.8 Å². The van der Waals surface area contributed by atoms with Crippen LogP contribution in [0.4, 0.5) is 5.69 Å². The van der Waals surface area contributed by atoms with Gasteiger partial charge >= 0.3 is 0 Å². The second kappa shape index (κ2) is 6.96. The first-order valence-electron chi connectivity index (χ1n) is 7.25. The van der Waals surface area contributed by atoms with Crippen molar-refractivity contribution in [3.05, 3.63) is 58.7 Å². The van der Waals surface area contributed by atoms with E-state index in [2.05, 4.69) is 10.6 Å². The first kappa shape index (κ1) is 16.5. The molecule has 0 bridgehead atoms. The molecular weight excluding hydrogens is 292 g/mol. The van der Waals surface area contributed by atoms with Crippen LogP contribution in [0.3, 0.4) is 0 Å². The average molecular weight is 312 g/mol. The number of ether oxygens (including phenoxy) is 1. The second-order valence-electron chi connectivity index (χ2n) is 5.24. The van der Waals surface area contributed by atoms with Crippen LogP contribution >= 0.6 is 0 Å². The molecule has 0 unspecified atom stereocenters. The van der Waals surface area contributed by atoms with Gasteiger partial charge in [-0.1, -0.05) is 0 Å². The molecule has 0 fully saturated rings. The zero-order valence-electron chi connectivity index (χ0n) is 13.7. The maximum atomic E-state index is 12.4. The summed E-state index contributed by atoms with van der Waals surface area (Å²) in [6, 6.07) is 10.5. The lowest BCUT2D eigenvalue weighted by atomic mass is 10.1. The van der Waals surface area contributed by atoms with Crippen molar-refractivity contribution < 1.29 is 14.3 Å². The largest absolute Gasteiger partial charge is 0.497 e. The predicted octanol–water partition coefficient (Wildman–Crippen LogP) is 2.92. The van der Waals surface area contributed by atoms with Gasteiger partial charge in [-0.05, 0) is 61.4 Å². The highest BCUT2D eigenvalue weighted by Gasteiger charge is 2.12. The Balaban J connectivity index is 2.22. The molecular formula is C18H20N2O3. The Morgan fingerprint density at radius 2 is 1.70 bits per heavy atom. The zero-order chi connectivity index (χ0) is 17.0. The number of aryl methyl sites for hydroxylation is 2. The van der Waals surface area contributed by atoms with Crippen molar-refractivity contribution in [2.75, 3.05) is 19.5 Å². The van der Waals surface area contributed by atoms with Gasteiger partial charge in [-0.15, -0.1) is 0 Å². The Morgan fingerprint density at radius 3 is 2.26 bits per heavy atom. The van der Waals surface area contributed by atoms with Crippen LogP contribution < -0.4 is 15.4 Å². The number of benzene rings is 2. The molecule has 0 aromatic heterocycles. The van der Waals surface area contributed by atoms with E-state index in [1.54, 1.807) is 44.5 Å². The lowest BCUT2D eigenvalue weighted by Crippen LogP contribution is -2.18. The summed E-state index contributed by atoms with van der Waals surface area (Å²) in [5.41, 5.74) is 3.48. The molecule has 2 aromatic rings. The third kappa shape index (κ3) is 3.69. The minimum absolute atomic E-state index is 0.156. The van der Waals surface area contributed by atoms with Gasteiger partial charge in [-0.25, -0.2) is 0 Å². The number of hydrogen-bond acceptors (Lipinski definition) is 3. The Bertz CT molecular complexity index is 754. The van der Waals surface area contributed by atoms with E-state index in [1.165, 1.54) is 0 Å². The number of rotatable bonds is 4. The number of carbonyl (C=O) groups excluding carboxylic acids is 2. The summed E-state index contributed by atoms with van der Waals surface area (Å²) >= 11 is 0. The van der Waals surface area contributed by atoms with Gasteiger partial charge < -0.3 is 15.4 Å². The fraction of sp³-hybridized carbons (Fsp3) is 0.222. The van der Waals surface area contributed by atoms with Gasteiger partial charge in [0, 0.05) is 23.9 Å². The van der Waals surface area contributed by atoms with Gasteiger partial charge in [-0.3, -0.25) is 9.59 Å². The van der Waals surface area contributed by atoms with Crippen molar-refractivity contribution in [3.8, 4) is 5.75 Å². The molecule has 0 saturated heterocycles. The van der Waals surface area contributed by atoms with E-state index >= 15 is 0 Å². The van der Waals surface area contributed by atoms with Crippen LogP contribution in [0.5, 0.6) is 5.75 Å². The van der Waals surface area contributed by atoms with Crippen LogP contribution in [-0.4, -0.2) is 26.0 Å². The molecule has 5 nitrogen and oxygen atoms in total. The molecule has 120 valence electrons. The van der Waals surface area contributed by atoms with E-state index in [-0.39, 0.29) is 11.8 Å². The standard InChI is InChI=1S/C18H20N2O3/c1-11-10-14(23-4)6-7-15(11)18(22)20-16-8-5-13(9-12(16)2)17(21)19-3/h5-10H,1-4H3,(H,19,21)(H,20,22). The Morgan fingerprint density at radius 1 is 0.957 bits per heavy atom. The molecule has 0 saturated carbocycles. The van der Waals surface area contributed by atoms with Gasteiger partial charge in [-0.2, -0.15) is 0 Å². The van der Waals surface area contributed by atoms with Gasteiger partial charge in [0.15, 0.2) is 0 Å². The van der Waals surface area contributed by atoms with E-state index < -0.39 is 0 Å². The number of methoxy groups -OCH3 is 1. The lowest BCUT2D eigenvalue weighted by Gasteiger charge is -2.12. The van der Waals surface area contributed by atoms with Crippen LogP contribution in [0.15, 0.2) is 36.4 Å². The molecule has 0 aliphatic carbocycles. The lowest BCUT2D eigenvalue weighted by molar-refractivity contribution is 0.0962. The minimum Gasteiger partial charge on any atom is -0.497 e. The molecule has 2 rings (SSSR count). The molecule has 0 heterocycles. The monoisotopic (exact) mass is 312 g/mol. The number of nitrogens with one attached hydrogen (secondary N) is 2. The summed E-state index contributed by atoms with van der Waals surface area (Å²) in [7, 11) is 3.17. The Labute approximate surface area is 135 Å². The Hall–Kier alpha value is -2.82. The van der Waals surface area contributed by atoms with Crippen LogP contribution in [-0.2, 0) is 0 Å². The van der Waals surface area contributed by atoms with Gasteiger partial charge in [0.2, 0.25) is 0 Å². The maximum Gasteiger partial charge on any atom is 0.255 e. The van der Waals surface area contributed by atoms with E-state index in [0.29, 0.717) is 22.6 Å². The summed E-state index contributed by atoms with van der Waals surface area (Å²) < 4.78 is 5.14. The second-order valence-corrected chi connectivity index (χ2v) is 5.24. The van der Waals surface area contributed by atoms with Crippen LogP contribution in [0.25, 0.3) is 0 Å². The summed E-state index contributed by atoms with van der Waals surface area (Å²) in [6.45, 7) is 3.71. The molecule has 2 aromatic carbocycles. The van der Waals surface area contributed by atoms with E-state index in [9.17, 15) is 9.59 Å². The van der Waals surface area contributed by atoms with E-state index in [4.69, 9.17) is 4.74 Å². The maximum absolute atomic E-state index is 12.4. The molecule has 2 N–H and O–H groups in total. The van der Waals surface area contributed by atoms with Crippen molar-refractivity contribution in [2.24, 2.45) is 0 Å². The van der Waals surface area contributed by atoms with Gasteiger partial charge in [0.05, 0.1) is 7.11 Å². The first-order chi connectivity index (χ1) is 11.0. The first-order valence-corrected chi connectivity index (χ1v) is 7.25. The smallest absolute Gasteiger partial charge is 0.255 e. The fourth-order valence-corrected chi connectivity index (χ4v) is 2.30. The number of amides is 2. The fourth-order valence-electron chi connectivity index (χ4n) is 2.30. The SMILES string of the molecule is CNC(=O)c1ccc(NC(=O)c2ccc(OC)cc2C)c(C)c1. The molecule has 0 aliphatic rings. The normalized spacial score (nSPS) is 10.1. The molecule has 0 spiro atoms. The minimum atomic E-state index is -0.194. The van der Waals surface area contributed by atoms with Crippen LogP contribution in [0.2, 0.25) is 0 Å². The number of anilines is 1. The third-order valence-corrected chi connectivity index (χ3v) is 3.64. The third-order valence-electron chi connectivity index (χ3n) is 3.64. The van der Waals surface area contributed by atoms with Gasteiger partial charge in [0.25, 0.3) is 11.8 Å². The van der Waals surface area contributed by atoms with Gasteiger partial charge in [0.1, 0.15) is 5.75 Å². The summed E-state index contributed by atoms with van der Waals surface area (Å²) in [5, 5.41) is 5.45. The molecule has 5 heteroatoms. The highest BCUT2D eigenvalue weighted by molar-refractivity contribution is 6.06. The molecule has 23 heavy (non-hydrogen) atoms. The van der Waals surface area contributed by atoms with Crippen molar-refractivity contribution in [2.45, 2.75) is 13.8 Å². The summed E-state index contributed by atoms with van der Waals surface area (Å²) in [5.74, 6) is 0.364. The molecule has 0 radical (unpaired) electrons. The molecule has 2 amide bonds. The van der Waals surface area contributed by atoms with Crippen molar-refractivity contribution in [1.29, 1.82) is 0 Å². The topological polar surface area (TPSA) is 67.4 Å². The Kier molecular flexibility index (Phi) is 5.01. The average Bonchev–Trinajstić information content (AvgIpc) is 2.55. The zero-order valence-corrected chi connectivity index (χ0v) is 13.7. The highest BCUT2D eigenvalue weighted by Crippen LogP contribution is 2.21. The van der Waals surface area contributed by atoms with Crippen LogP contribution in [0.1, 0.15) is 31.8 Å². The number of hydrogen-bond donors (Lipinski definition) is 2. The quantitative estimate of drug-likeness (QED) is 0.912. The number of carbonyl (C=O) groups is 2. The predicted molar refractivity (Wildman–Crippen MR) is 90.3 cm³/mol.